The van der Waals surface area contributed by atoms with Crippen molar-refractivity contribution in [3.05, 3.63) is 33.7 Å². The second-order valence-corrected chi connectivity index (χ2v) is 5.24. The van der Waals surface area contributed by atoms with Crippen molar-refractivity contribution in [3.8, 4) is 0 Å². The molecule has 0 spiro atoms. The van der Waals surface area contributed by atoms with Gasteiger partial charge in [-0.1, -0.05) is 6.07 Å². The second kappa shape index (κ2) is 4.13. The summed E-state index contributed by atoms with van der Waals surface area (Å²) in [7, 11) is 0. The Hall–Kier alpha value is -1.82. The summed E-state index contributed by atoms with van der Waals surface area (Å²) in [5.41, 5.74) is 1.42. The molecular formula is C12H13N3O2S. The lowest BCUT2D eigenvalue weighted by Gasteiger charge is -2.24. The van der Waals surface area contributed by atoms with Crippen LogP contribution in [0.5, 0.6) is 0 Å². The summed E-state index contributed by atoms with van der Waals surface area (Å²) in [6, 6.07) is 3.31. The van der Waals surface area contributed by atoms with Crippen molar-refractivity contribution in [1.82, 2.24) is 15.5 Å². The van der Waals surface area contributed by atoms with Crippen LogP contribution in [0.1, 0.15) is 17.8 Å². The zero-order chi connectivity index (χ0) is 12.7. The highest BCUT2D eigenvalue weighted by molar-refractivity contribution is 7.10. The van der Waals surface area contributed by atoms with Crippen molar-refractivity contribution in [3.63, 3.8) is 0 Å². The summed E-state index contributed by atoms with van der Waals surface area (Å²) in [5.74, 6) is 0.0124. The molecule has 0 aromatic carbocycles. The average molecular weight is 263 g/mol. The van der Waals surface area contributed by atoms with Crippen LogP contribution in [0.4, 0.5) is 4.79 Å². The Morgan fingerprint density at radius 2 is 2.33 bits per heavy atom. The van der Waals surface area contributed by atoms with Gasteiger partial charge in [0, 0.05) is 11.4 Å². The van der Waals surface area contributed by atoms with Crippen LogP contribution in [0.25, 0.3) is 0 Å². The predicted octanol–water partition coefficient (Wildman–Crippen LogP) is 1.22. The Kier molecular flexibility index (Phi) is 2.59. The number of rotatable bonds is 2. The molecule has 6 heteroatoms. The Morgan fingerprint density at radius 1 is 1.50 bits per heavy atom. The van der Waals surface area contributed by atoms with E-state index in [2.05, 4.69) is 10.6 Å². The van der Waals surface area contributed by atoms with Gasteiger partial charge in [0.05, 0.1) is 23.9 Å². The standard InChI is InChI=1S/C12H13N3O2S/c1-2-15-6-7-9(11(15)16)10(14-12(17)13-7)8-4-3-5-18-8/h3-5,10H,2,6H2,1H3,(H2,13,14,17). The predicted molar refractivity (Wildman–Crippen MR) is 68.0 cm³/mol. The molecule has 2 aliphatic heterocycles. The molecule has 2 aliphatic rings. The molecule has 3 rings (SSSR count). The van der Waals surface area contributed by atoms with E-state index in [4.69, 9.17) is 0 Å². The van der Waals surface area contributed by atoms with Crippen LogP contribution in [-0.4, -0.2) is 29.9 Å². The Morgan fingerprint density at radius 3 is 3.00 bits per heavy atom. The third-order valence-corrected chi connectivity index (χ3v) is 4.17. The molecule has 1 unspecified atom stereocenters. The van der Waals surface area contributed by atoms with Gasteiger partial charge in [0.2, 0.25) is 0 Å². The first-order valence-electron chi connectivity index (χ1n) is 5.84. The Bertz CT molecular complexity index is 536. The molecular weight excluding hydrogens is 250 g/mol. The molecule has 5 nitrogen and oxygen atoms in total. The third-order valence-electron chi connectivity index (χ3n) is 3.23. The van der Waals surface area contributed by atoms with Gasteiger partial charge in [-0.2, -0.15) is 0 Å². The van der Waals surface area contributed by atoms with Gasteiger partial charge in [0.25, 0.3) is 5.91 Å². The van der Waals surface area contributed by atoms with Crippen LogP contribution in [0.2, 0.25) is 0 Å². The topological polar surface area (TPSA) is 61.4 Å². The molecule has 0 saturated carbocycles. The zero-order valence-corrected chi connectivity index (χ0v) is 10.7. The quantitative estimate of drug-likeness (QED) is 0.842. The molecule has 1 atom stereocenters. The van der Waals surface area contributed by atoms with Gasteiger partial charge >= 0.3 is 6.03 Å². The number of amides is 3. The minimum atomic E-state index is -0.308. The van der Waals surface area contributed by atoms with E-state index < -0.39 is 0 Å². The molecule has 0 saturated heterocycles. The van der Waals surface area contributed by atoms with Crippen LogP contribution < -0.4 is 10.6 Å². The van der Waals surface area contributed by atoms with Crippen LogP contribution in [0.3, 0.4) is 0 Å². The maximum absolute atomic E-state index is 12.3. The lowest BCUT2D eigenvalue weighted by atomic mass is 10.0. The molecule has 1 aromatic rings. The molecule has 0 radical (unpaired) electrons. The van der Waals surface area contributed by atoms with Gasteiger partial charge in [-0.3, -0.25) is 4.79 Å². The number of carbonyl (C=O) groups excluding carboxylic acids is 2. The van der Waals surface area contributed by atoms with E-state index in [0.717, 1.165) is 10.6 Å². The monoisotopic (exact) mass is 263 g/mol. The molecule has 0 fully saturated rings. The van der Waals surface area contributed by atoms with E-state index in [1.165, 1.54) is 0 Å². The minimum Gasteiger partial charge on any atom is -0.333 e. The van der Waals surface area contributed by atoms with Crippen molar-refractivity contribution in [1.29, 1.82) is 0 Å². The molecule has 18 heavy (non-hydrogen) atoms. The fourth-order valence-corrected chi connectivity index (χ4v) is 3.14. The van der Waals surface area contributed by atoms with E-state index in [1.54, 1.807) is 16.2 Å². The molecule has 2 N–H and O–H groups in total. The molecule has 94 valence electrons. The highest BCUT2D eigenvalue weighted by atomic mass is 32.1. The maximum Gasteiger partial charge on any atom is 0.319 e. The number of hydrogen-bond donors (Lipinski definition) is 2. The molecule has 1 aromatic heterocycles. The molecule has 0 aliphatic carbocycles. The normalized spacial score (nSPS) is 22.9. The SMILES string of the molecule is CCN1CC2=C(C1=O)C(c1cccs1)NC(=O)N2. The summed E-state index contributed by atoms with van der Waals surface area (Å²) in [4.78, 5) is 26.6. The van der Waals surface area contributed by atoms with E-state index in [-0.39, 0.29) is 18.0 Å². The van der Waals surface area contributed by atoms with Gasteiger partial charge in [0.1, 0.15) is 0 Å². The zero-order valence-electron chi connectivity index (χ0n) is 9.90. The highest BCUT2D eigenvalue weighted by Gasteiger charge is 2.39. The first kappa shape index (κ1) is 11.3. The maximum atomic E-state index is 12.3. The molecule has 3 heterocycles. The van der Waals surface area contributed by atoms with Gasteiger partial charge < -0.3 is 15.5 Å². The lowest BCUT2D eigenvalue weighted by molar-refractivity contribution is -0.125. The van der Waals surface area contributed by atoms with Crippen LogP contribution in [-0.2, 0) is 4.79 Å². The smallest absolute Gasteiger partial charge is 0.319 e. The number of likely N-dealkylation sites (N-methyl/N-ethyl adjacent to an activating group) is 1. The fourth-order valence-electron chi connectivity index (χ4n) is 2.35. The van der Waals surface area contributed by atoms with Crippen molar-refractivity contribution in [2.24, 2.45) is 0 Å². The van der Waals surface area contributed by atoms with E-state index >= 15 is 0 Å². The van der Waals surface area contributed by atoms with Crippen molar-refractivity contribution < 1.29 is 9.59 Å². The summed E-state index contributed by atoms with van der Waals surface area (Å²) in [6.45, 7) is 3.09. The van der Waals surface area contributed by atoms with Crippen LogP contribution in [0, 0.1) is 0 Å². The number of urea groups is 1. The van der Waals surface area contributed by atoms with Gasteiger partial charge in [-0.25, -0.2) is 4.79 Å². The second-order valence-electron chi connectivity index (χ2n) is 4.26. The van der Waals surface area contributed by atoms with Crippen molar-refractivity contribution in [2.45, 2.75) is 13.0 Å². The van der Waals surface area contributed by atoms with Gasteiger partial charge in [-0.15, -0.1) is 11.3 Å². The number of carbonyl (C=O) groups is 2. The Balaban J connectivity index is 2.02. The average Bonchev–Trinajstić information content (AvgIpc) is 2.96. The summed E-state index contributed by atoms with van der Waals surface area (Å²) in [5, 5.41) is 7.50. The van der Waals surface area contributed by atoms with E-state index in [1.807, 2.05) is 24.4 Å². The number of nitrogens with zero attached hydrogens (tertiary/aromatic N) is 1. The fraction of sp³-hybridized carbons (Fsp3) is 0.333. The summed E-state index contributed by atoms with van der Waals surface area (Å²) >= 11 is 1.54. The van der Waals surface area contributed by atoms with E-state index in [0.29, 0.717) is 18.7 Å². The third kappa shape index (κ3) is 1.60. The lowest BCUT2D eigenvalue weighted by Crippen LogP contribution is -2.44. The first-order valence-corrected chi connectivity index (χ1v) is 6.72. The van der Waals surface area contributed by atoms with E-state index in [9.17, 15) is 9.59 Å². The number of thiophene rings is 1. The largest absolute Gasteiger partial charge is 0.333 e. The number of nitrogens with one attached hydrogen (secondary N) is 2. The molecule has 0 bridgehead atoms. The van der Waals surface area contributed by atoms with Crippen molar-refractivity contribution >= 4 is 23.3 Å². The summed E-state index contributed by atoms with van der Waals surface area (Å²) in [6.07, 6.45) is 0. The minimum absolute atomic E-state index is 0.0124. The van der Waals surface area contributed by atoms with Crippen LogP contribution >= 0.6 is 11.3 Å². The number of hydrogen-bond acceptors (Lipinski definition) is 3. The summed E-state index contributed by atoms with van der Waals surface area (Å²) < 4.78 is 0. The first-order chi connectivity index (χ1) is 8.70. The van der Waals surface area contributed by atoms with Gasteiger partial charge in [-0.05, 0) is 18.4 Å². The Labute approximate surface area is 108 Å². The van der Waals surface area contributed by atoms with Gasteiger partial charge in [0.15, 0.2) is 0 Å². The highest BCUT2D eigenvalue weighted by Crippen LogP contribution is 2.34. The van der Waals surface area contributed by atoms with Crippen LogP contribution in [0.15, 0.2) is 28.8 Å². The molecule has 3 amide bonds. The van der Waals surface area contributed by atoms with Crippen molar-refractivity contribution in [2.75, 3.05) is 13.1 Å².